The van der Waals surface area contributed by atoms with E-state index in [-0.39, 0.29) is 12.6 Å². The Morgan fingerprint density at radius 3 is 2.87 bits per heavy atom. The third-order valence-corrected chi connectivity index (χ3v) is 2.82. The van der Waals surface area contributed by atoms with Crippen LogP contribution in [0, 0.1) is 0 Å². The predicted molar refractivity (Wildman–Crippen MR) is 56.7 cm³/mol. The van der Waals surface area contributed by atoms with Crippen molar-refractivity contribution in [1.82, 2.24) is 4.90 Å². The van der Waals surface area contributed by atoms with Gasteiger partial charge < -0.3 is 15.6 Å². The molecule has 1 rings (SSSR count). The van der Waals surface area contributed by atoms with Crippen LogP contribution in [0.4, 0.5) is 0 Å². The predicted octanol–water partition coefficient (Wildman–Crippen LogP) is -0.101. The Hall–Kier alpha value is -0.650. The van der Waals surface area contributed by atoms with Crippen LogP contribution in [-0.4, -0.2) is 54.4 Å². The van der Waals surface area contributed by atoms with Crippen molar-refractivity contribution in [3.63, 3.8) is 0 Å². The second kappa shape index (κ2) is 6.05. The summed E-state index contributed by atoms with van der Waals surface area (Å²) in [6.07, 6.45) is 2.27. The largest absolute Gasteiger partial charge is 0.480 e. The van der Waals surface area contributed by atoms with Gasteiger partial charge in [-0.3, -0.25) is 9.69 Å². The third kappa shape index (κ3) is 3.44. The van der Waals surface area contributed by atoms with Crippen molar-refractivity contribution < 1.29 is 14.6 Å². The first kappa shape index (κ1) is 12.4. The van der Waals surface area contributed by atoms with Crippen LogP contribution in [0.2, 0.25) is 0 Å². The highest BCUT2D eigenvalue weighted by Crippen LogP contribution is 2.14. The SMILES string of the molecule is CCN(CC1CCCO1)C(CN)C(=O)O. The zero-order chi connectivity index (χ0) is 11.3. The molecule has 1 aliphatic heterocycles. The van der Waals surface area contributed by atoms with Crippen molar-refractivity contribution in [3.05, 3.63) is 0 Å². The molecule has 5 nitrogen and oxygen atoms in total. The van der Waals surface area contributed by atoms with Crippen LogP contribution < -0.4 is 5.73 Å². The molecule has 1 aliphatic rings. The van der Waals surface area contributed by atoms with E-state index >= 15 is 0 Å². The first-order valence-corrected chi connectivity index (χ1v) is 5.47. The fourth-order valence-corrected chi connectivity index (χ4v) is 1.93. The normalized spacial score (nSPS) is 23.3. The minimum absolute atomic E-state index is 0.149. The fourth-order valence-electron chi connectivity index (χ4n) is 1.93. The molecule has 1 heterocycles. The molecule has 0 aromatic heterocycles. The van der Waals surface area contributed by atoms with Crippen LogP contribution in [0.3, 0.4) is 0 Å². The summed E-state index contributed by atoms with van der Waals surface area (Å²) in [5, 5.41) is 8.99. The molecule has 0 amide bonds. The number of likely N-dealkylation sites (N-methyl/N-ethyl adjacent to an activating group) is 1. The van der Waals surface area contributed by atoms with Gasteiger partial charge in [-0.15, -0.1) is 0 Å². The van der Waals surface area contributed by atoms with Crippen molar-refractivity contribution in [2.75, 3.05) is 26.2 Å². The number of carboxylic acids is 1. The summed E-state index contributed by atoms with van der Waals surface area (Å²) in [5.41, 5.74) is 5.46. The van der Waals surface area contributed by atoms with Gasteiger partial charge in [0.25, 0.3) is 0 Å². The molecule has 2 atom stereocenters. The molecule has 88 valence electrons. The maximum atomic E-state index is 10.9. The van der Waals surface area contributed by atoms with E-state index in [0.717, 1.165) is 19.4 Å². The van der Waals surface area contributed by atoms with E-state index in [1.165, 1.54) is 0 Å². The van der Waals surface area contributed by atoms with Gasteiger partial charge in [0.2, 0.25) is 0 Å². The number of nitrogens with zero attached hydrogens (tertiary/aromatic N) is 1. The molecule has 0 spiro atoms. The third-order valence-electron chi connectivity index (χ3n) is 2.82. The van der Waals surface area contributed by atoms with E-state index in [1.54, 1.807) is 0 Å². The summed E-state index contributed by atoms with van der Waals surface area (Å²) < 4.78 is 5.48. The summed E-state index contributed by atoms with van der Waals surface area (Å²) in [5.74, 6) is -0.850. The lowest BCUT2D eigenvalue weighted by molar-refractivity contribution is -0.143. The Morgan fingerprint density at radius 2 is 2.47 bits per heavy atom. The Labute approximate surface area is 90.2 Å². The monoisotopic (exact) mass is 216 g/mol. The van der Waals surface area contributed by atoms with Crippen molar-refractivity contribution in [1.29, 1.82) is 0 Å². The minimum Gasteiger partial charge on any atom is -0.480 e. The number of rotatable bonds is 6. The minimum atomic E-state index is -0.850. The molecule has 1 fully saturated rings. The van der Waals surface area contributed by atoms with Gasteiger partial charge in [-0.05, 0) is 19.4 Å². The summed E-state index contributed by atoms with van der Waals surface area (Å²) in [6, 6.07) is -0.584. The highest BCUT2D eigenvalue weighted by atomic mass is 16.5. The van der Waals surface area contributed by atoms with Gasteiger partial charge >= 0.3 is 5.97 Å². The van der Waals surface area contributed by atoms with E-state index < -0.39 is 12.0 Å². The molecular formula is C10H20N2O3. The number of ether oxygens (including phenoxy) is 1. The number of hydrogen-bond donors (Lipinski definition) is 2. The van der Waals surface area contributed by atoms with Crippen LogP contribution in [0.5, 0.6) is 0 Å². The Bertz CT molecular complexity index is 205. The highest BCUT2D eigenvalue weighted by molar-refractivity contribution is 5.73. The van der Waals surface area contributed by atoms with Crippen LogP contribution >= 0.6 is 0 Å². The van der Waals surface area contributed by atoms with Gasteiger partial charge in [0, 0.05) is 19.7 Å². The standard InChI is InChI=1S/C10H20N2O3/c1-2-12(9(6-11)10(13)14)7-8-4-3-5-15-8/h8-9H,2-7,11H2,1H3,(H,13,14). The van der Waals surface area contributed by atoms with Crippen LogP contribution in [0.1, 0.15) is 19.8 Å². The van der Waals surface area contributed by atoms with Gasteiger partial charge in [0.15, 0.2) is 0 Å². The lowest BCUT2D eigenvalue weighted by Gasteiger charge is -2.28. The number of carboxylic acid groups (broad SMARTS) is 1. The van der Waals surface area contributed by atoms with Crippen molar-refractivity contribution in [2.24, 2.45) is 5.73 Å². The van der Waals surface area contributed by atoms with Gasteiger partial charge in [-0.25, -0.2) is 0 Å². The average molecular weight is 216 g/mol. The van der Waals surface area contributed by atoms with Crippen LogP contribution in [0.25, 0.3) is 0 Å². The average Bonchev–Trinajstić information content (AvgIpc) is 2.69. The summed E-state index contributed by atoms with van der Waals surface area (Å²) >= 11 is 0. The first-order valence-electron chi connectivity index (χ1n) is 5.47. The van der Waals surface area contributed by atoms with Crippen molar-refractivity contribution >= 4 is 5.97 Å². The zero-order valence-electron chi connectivity index (χ0n) is 9.19. The lowest BCUT2D eigenvalue weighted by Crippen LogP contribution is -2.48. The Balaban J connectivity index is 2.48. The smallest absolute Gasteiger partial charge is 0.322 e. The lowest BCUT2D eigenvalue weighted by atomic mass is 10.2. The molecule has 0 saturated carbocycles. The molecular weight excluding hydrogens is 196 g/mol. The molecule has 2 unspecified atom stereocenters. The van der Waals surface area contributed by atoms with Gasteiger partial charge in [-0.1, -0.05) is 6.92 Å². The number of hydrogen-bond acceptors (Lipinski definition) is 4. The summed E-state index contributed by atoms with van der Waals surface area (Å²) in [4.78, 5) is 12.8. The number of aliphatic carboxylic acids is 1. The molecule has 15 heavy (non-hydrogen) atoms. The molecule has 0 aromatic rings. The molecule has 0 aromatic carbocycles. The quantitative estimate of drug-likeness (QED) is 0.648. The molecule has 5 heteroatoms. The van der Waals surface area contributed by atoms with E-state index in [4.69, 9.17) is 15.6 Å². The van der Waals surface area contributed by atoms with E-state index in [0.29, 0.717) is 13.1 Å². The van der Waals surface area contributed by atoms with Crippen LogP contribution in [0.15, 0.2) is 0 Å². The van der Waals surface area contributed by atoms with E-state index in [1.807, 2.05) is 11.8 Å². The molecule has 0 radical (unpaired) electrons. The maximum absolute atomic E-state index is 10.9. The first-order chi connectivity index (χ1) is 7.19. The fraction of sp³-hybridized carbons (Fsp3) is 0.900. The van der Waals surface area contributed by atoms with Crippen molar-refractivity contribution in [3.8, 4) is 0 Å². The Kier molecular flexibility index (Phi) is 5.01. The highest BCUT2D eigenvalue weighted by Gasteiger charge is 2.26. The van der Waals surface area contributed by atoms with Gasteiger partial charge in [0.1, 0.15) is 6.04 Å². The number of nitrogens with two attached hydrogens (primary N) is 1. The summed E-state index contributed by atoms with van der Waals surface area (Å²) in [6.45, 7) is 4.25. The van der Waals surface area contributed by atoms with Gasteiger partial charge in [0.05, 0.1) is 6.10 Å². The van der Waals surface area contributed by atoms with Gasteiger partial charge in [-0.2, -0.15) is 0 Å². The summed E-state index contributed by atoms with van der Waals surface area (Å²) in [7, 11) is 0. The second-order valence-electron chi connectivity index (χ2n) is 3.81. The maximum Gasteiger partial charge on any atom is 0.322 e. The van der Waals surface area contributed by atoms with Crippen molar-refractivity contribution in [2.45, 2.75) is 31.9 Å². The molecule has 1 saturated heterocycles. The number of carbonyl (C=O) groups is 1. The topological polar surface area (TPSA) is 75.8 Å². The van der Waals surface area contributed by atoms with Crippen LogP contribution in [-0.2, 0) is 9.53 Å². The zero-order valence-corrected chi connectivity index (χ0v) is 9.19. The second-order valence-corrected chi connectivity index (χ2v) is 3.81. The van der Waals surface area contributed by atoms with E-state index in [2.05, 4.69) is 0 Å². The molecule has 0 bridgehead atoms. The van der Waals surface area contributed by atoms with E-state index in [9.17, 15) is 4.79 Å². The molecule has 3 N–H and O–H groups in total. The molecule has 0 aliphatic carbocycles. The Morgan fingerprint density at radius 1 is 1.73 bits per heavy atom.